The van der Waals surface area contributed by atoms with Crippen LogP contribution in [0.2, 0.25) is 0 Å². The summed E-state index contributed by atoms with van der Waals surface area (Å²) in [7, 11) is 3.73. The minimum atomic E-state index is -0.334. The molecule has 3 N–H and O–H groups in total. The van der Waals surface area contributed by atoms with Gasteiger partial charge in [0.15, 0.2) is 0 Å². The van der Waals surface area contributed by atoms with E-state index >= 15 is 0 Å². The largest absolute Gasteiger partial charge is 0.497 e. The summed E-state index contributed by atoms with van der Waals surface area (Å²) < 4.78 is 5.19. The molecule has 0 amide bonds. The fraction of sp³-hybridized carbons (Fsp3) is 0.500. The van der Waals surface area contributed by atoms with Crippen molar-refractivity contribution in [1.82, 2.24) is 5.32 Å². The third-order valence-corrected chi connectivity index (χ3v) is 4.74. The number of ether oxygens (including phenoxy) is 1. The van der Waals surface area contributed by atoms with E-state index in [9.17, 15) is 10.2 Å². The number of anilines is 1. The summed E-state index contributed by atoms with van der Waals surface area (Å²) >= 11 is 0. The molecular weight excluding hydrogens is 316 g/mol. The van der Waals surface area contributed by atoms with E-state index in [0.29, 0.717) is 13.0 Å². The highest BCUT2D eigenvalue weighted by atomic mass is 16.5. The molecule has 1 aliphatic rings. The molecule has 0 bridgehead atoms. The number of hydrogen-bond donors (Lipinski definition) is 3. The van der Waals surface area contributed by atoms with Crippen molar-refractivity contribution in [3.8, 4) is 5.75 Å². The van der Waals surface area contributed by atoms with Crippen molar-refractivity contribution in [2.75, 3.05) is 45.4 Å². The minimum absolute atomic E-state index is 0.0435. The molecule has 138 valence electrons. The second-order valence-corrected chi connectivity index (χ2v) is 6.90. The first kappa shape index (κ1) is 19.5. The third-order valence-electron chi connectivity index (χ3n) is 4.74. The van der Waals surface area contributed by atoms with Gasteiger partial charge < -0.3 is 25.2 Å². The number of likely N-dealkylation sites (N-methyl/N-ethyl adjacent to an activating group) is 1. The second kappa shape index (κ2) is 9.04. The van der Waals surface area contributed by atoms with Crippen LogP contribution in [0.1, 0.15) is 13.3 Å². The average molecular weight is 346 g/mol. The smallest absolute Gasteiger partial charge is 0.119 e. The van der Waals surface area contributed by atoms with Crippen LogP contribution >= 0.6 is 0 Å². The Morgan fingerprint density at radius 2 is 2.00 bits per heavy atom. The van der Waals surface area contributed by atoms with Gasteiger partial charge >= 0.3 is 0 Å². The number of hydrogen-bond acceptors (Lipinski definition) is 5. The lowest BCUT2D eigenvalue weighted by atomic mass is 9.79. The topological polar surface area (TPSA) is 65.0 Å². The number of benzene rings is 1. The Labute approximate surface area is 150 Å². The average Bonchev–Trinajstić information content (AvgIpc) is 2.66. The van der Waals surface area contributed by atoms with Crippen LogP contribution in [0.3, 0.4) is 0 Å². The molecule has 2 atom stereocenters. The predicted molar refractivity (Wildman–Crippen MR) is 102 cm³/mol. The summed E-state index contributed by atoms with van der Waals surface area (Å²) in [5.74, 6) is 0.852. The maximum absolute atomic E-state index is 9.85. The van der Waals surface area contributed by atoms with Crippen LogP contribution in [0.4, 0.5) is 5.69 Å². The third kappa shape index (κ3) is 5.33. The van der Waals surface area contributed by atoms with Crippen molar-refractivity contribution in [3.05, 3.63) is 48.1 Å². The summed E-state index contributed by atoms with van der Waals surface area (Å²) in [5, 5.41) is 22.7. The number of aliphatic hydroxyl groups is 2. The summed E-state index contributed by atoms with van der Waals surface area (Å²) in [6.45, 7) is 3.77. The van der Waals surface area contributed by atoms with Gasteiger partial charge in [0.1, 0.15) is 5.75 Å². The lowest BCUT2D eigenvalue weighted by Gasteiger charge is -2.34. The van der Waals surface area contributed by atoms with Gasteiger partial charge in [0.25, 0.3) is 0 Å². The quantitative estimate of drug-likeness (QED) is 0.638. The molecule has 5 heteroatoms. The van der Waals surface area contributed by atoms with Gasteiger partial charge in [0.2, 0.25) is 0 Å². The summed E-state index contributed by atoms with van der Waals surface area (Å²) in [4.78, 5) is 2.19. The normalized spacial score (nSPS) is 20.9. The van der Waals surface area contributed by atoms with Crippen molar-refractivity contribution in [2.24, 2.45) is 5.41 Å². The van der Waals surface area contributed by atoms with Crippen molar-refractivity contribution < 1.29 is 14.9 Å². The van der Waals surface area contributed by atoms with Crippen LogP contribution in [0.5, 0.6) is 5.75 Å². The van der Waals surface area contributed by atoms with Crippen LogP contribution in [0, 0.1) is 5.41 Å². The zero-order chi connectivity index (χ0) is 18.3. The van der Waals surface area contributed by atoms with E-state index in [1.807, 2.05) is 42.5 Å². The van der Waals surface area contributed by atoms with Crippen LogP contribution in [0.15, 0.2) is 48.1 Å². The summed E-state index contributed by atoms with van der Waals surface area (Å²) in [6, 6.07) is 8.26. The fourth-order valence-corrected chi connectivity index (χ4v) is 3.15. The number of nitrogens with one attached hydrogen (secondary N) is 1. The van der Waals surface area contributed by atoms with Crippen LogP contribution in [-0.4, -0.2) is 56.7 Å². The van der Waals surface area contributed by atoms with Crippen molar-refractivity contribution in [1.29, 1.82) is 0 Å². The first-order valence-corrected chi connectivity index (χ1v) is 8.69. The summed E-state index contributed by atoms with van der Waals surface area (Å²) in [6.07, 6.45) is 6.58. The van der Waals surface area contributed by atoms with E-state index in [1.165, 1.54) is 0 Å². The highest BCUT2D eigenvalue weighted by Crippen LogP contribution is 2.30. The van der Waals surface area contributed by atoms with E-state index < -0.39 is 0 Å². The lowest BCUT2D eigenvalue weighted by molar-refractivity contribution is 0.156. The number of aliphatic hydroxyl groups excluding tert-OH is 2. The number of methoxy groups -OCH3 is 1. The van der Waals surface area contributed by atoms with Crippen molar-refractivity contribution in [2.45, 2.75) is 19.4 Å². The highest BCUT2D eigenvalue weighted by Gasteiger charge is 2.29. The van der Waals surface area contributed by atoms with Gasteiger partial charge in [-0.2, -0.15) is 0 Å². The molecule has 2 unspecified atom stereocenters. The van der Waals surface area contributed by atoms with Crippen LogP contribution < -0.4 is 15.0 Å². The molecule has 2 rings (SSSR count). The Morgan fingerprint density at radius 3 is 2.60 bits per heavy atom. The van der Waals surface area contributed by atoms with Gasteiger partial charge in [0, 0.05) is 37.3 Å². The van der Waals surface area contributed by atoms with E-state index in [4.69, 9.17) is 4.74 Å². The van der Waals surface area contributed by atoms with Crippen LogP contribution in [-0.2, 0) is 0 Å². The van der Waals surface area contributed by atoms with Gasteiger partial charge in [0.05, 0.1) is 20.3 Å². The van der Waals surface area contributed by atoms with Gasteiger partial charge in [-0.3, -0.25) is 0 Å². The zero-order valence-corrected chi connectivity index (χ0v) is 15.4. The first-order chi connectivity index (χ1) is 12.0. The highest BCUT2D eigenvalue weighted by molar-refractivity contribution is 5.48. The number of rotatable bonds is 9. The minimum Gasteiger partial charge on any atom is -0.497 e. The molecule has 0 saturated carbocycles. The molecule has 0 aromatic heterocycles. The molecular formula is C20H30N2O3. The van der Waals surface area contributed by atoms with Crippen molar-refractivity contribution in [3.63, 3.8) is 0 Å². The maximum Gasteiger partial charge on any atom is 0.119 e. The Balaban J connectivity index is 1.87. The standard InChI is InChI=1S/C20H30N2O3/c1-16(12-22(2)18-6-8-19(25-3)9-7-18)21-14-20(15-24)10-4-5-17(11-20)13-23/h4-10,16,21,23-24H,11-15H2,1-3H3. The van der Waals surface area contributed by atoms with Crippen molar-refractivity contribution >= 4 is 5.69 Å². The Hall–Kier alpha value is -1.82. The second-order valence-electron chi connectivity index (χ2n) is 6.90. The molecule has 1 aliphatic carbocycles. The molecule has 5 nitrogen and oxygen atoms in total. The van der Waals surface area contributed by atoms with Gasteiger partial charge in [-0.05, 0) is 43.2 Å². The zero-order valence-electron chi connectivity index (χ0n) is 15.4. The van der Waals surface area contributed by atoms with E-state index in [2.05, 4.69) is 24.2 Å². The van der Waals surface area contributed by atoms with Gasteiger partial charge in [-0.1, -0.05) is 18.2 Å². The predicted octanol–water partition coefficient (Wildman–Crippen LogP) is 1.97. The Kier molecular flexibility index (Phi) is 7.05. The maximum atomic E-state index is 9.85. The SMILES string of the molecule is COc1ccc(N(C)CC(C)NCC2(CO)C=CC=C(CO)C2)cc1. The van der Waals surface area contributed by atoms with Crippen LogP contribution in [0.25, 0.3) is 0 Å². The van der Waals surface area contributed by atoms with E-state index in [-0.39, 0.29) is 24.7 Å². The van der Waals surface area contributed by atoms with Gasteiger partial charge in [-0.25, -0.2) is 0 Å². The van der Waals surface area contributed by atoms with E-state index in [1.54, 1.807) is 7.11 Å². The molecule has 25 heavy (non-hydrogen) atoms. The number of allylic oxidation sites excluding steroid dienone is 2. The molecule has 0 saturated heterocycles. The number of nitrogens with zero attached hydrogens (tertiary/aromatic N) is 1. The molecule has 0 spiro atoms. The fourth-order valence-electron chi connectivity index (χ4n) is 3.15. The Morgan fingerprint density at radius 1 is 1.28 bits per heavy atom. The summed E-state index contributed by atoms with van der Waals surface area (Å²) in [5.41, 5.74) is 1.76. The van der Waals surface area contributed by atoms with Gasteiger partial charge in [-0.15, -0.1) is 0 Å². The molecule has 1 aromatic carbocycles. The molecule has 0 fully saturated rings. The first-order valence-electron chi connectivity index (χ1n) is 8.69. The van der Waals surface area contributed by atoms with E-state index in [0.717, 1.165) is 23.6 Å². The monoisotopic (exact) mass is 346 g/mol. The molecule has 0 aliphatic heterocycles. The molecule has 0 heterocycles. The Bertz CT molecular complexity index is 597. The molecule has 1 aromatic rings. The lowest BCUT2D eigenvalue weighted by Crippen LogP contribution is -2.44. The molecule has 0 radical (unpaired) electrons.